The fourth-order valence-corrected chi connectivity index (χ4v) is 2.87. The fraction of sp³-hybridized carbons (Fsp3) is 0.471. The number of carbonyl (C=O) groups is 1. The summed E-state index contributed by atoms with van der Waals surface area (Å²) in [6.07, 6.45) is 2.10. The number of rotatable bonds is 4. The number of benzene rings is 1. The van der Waals surface area contributed by atoms with Gasteiger partial charge in [0, 0.05) is 19.0 Å². The number of hydrogen-bond acceptors (Lipinski definition) is 4. The van der Waals surface area contributed by atoms with Crippen molar-refractivity contribution >= 4 is 5.91 Å². The quantitative estimate of drug-likeness (QED) is 0.924. The van der Waals surface area contributed by atoms with Crippen molar-refractivity contribution in [2.45, 2.75) is 38.3 Å². The van der Waals surface area contributed by atoms with Crippen LogP contribution >= 0.6 is 0 Å². The first-order valence-corrected chi connectivity index (χ1v) is 8.05. The predicted octanol–water partition coefficient (Wildman–Crippen LogP) is 1.66. The molecule has 7 heteroatoms. The number of likely N-dealkylation sites (tertiary alicyclic amines) is 1. The minimum Gasteiger partial charge on any atom is -0.381 e. The Kier molecular flexibility index (Phi) is 4.36. The summed E-state index contributed by atoms with van der Waals surface area (Å²) in [7, 11) is 0. The molecule has 1 aliphatic rings. The molecule has 1 amide bonds. The van der Waals surface area contributed by atoms with Crippen molar-refractivity contribution in [3.05, 3.63) is 47.5 Å². The molecule has 1 N–H and O–H groups in total. The lowest BCUT2D eigenvalue weighted by Gasteiger charge is -2.21. The summed E-state index contributed by atoms with van der Waals surface area (Å²) >= 11 is 0. The summed E-state index contributed by atoms with van der Waals surface area (Å²) < 4.78 is 15.4. The number of carbonyl (C=O) groups excluding carboxylic acids is 1. The van der Waals surface area contributed by atoms with Gasteiger partial charge in [-0.25, -0.2) is 9.07 Å². The van der Waals surface area contributed by atoms with Gasteiger partial charge in [0.05, 0.1) is 19.2 Å². The third-order valence-corrected chi connectivity index (χ3v) is 4.42. The number of aromatic nitrogens is 3. The monoisotopic (exact) mass is 332 g/mol. The molecule has 1 saturated heterocycles. The molecule has 0 saturated carbocycles. The van der Waals surface area contributed by atoms with Crippen LogP contribution in [-0.4, -0.2) is 44.0 Å². The molecule has 1 fully saturated rings. The average Bonchev–Trinajstić information content (AvgIpc) is 3.17. The first-order valence-electron chi connectivity index (χ1n) is 8.05. The van der Waals surface area contributed by atoms with E-state index in [9.17, 15) is 14.3 Å². The Morgan fingerprint density at radius 1 is 1.42 bits per heavy atom. The molecule has 0 bridgehead atoms. The third kappa shape index (κ3) is 3.17. The summed E-state index contributed by atoms with van der Waals surface area (Å²) in [4.78, 5) is 14.0. The van der Waals surface area contributed by atoms with Gasteiger partial charge in [-0.2, -0.15) is 0 Å². The van der Waals surface area contributed by atoms with Gasteiger partial charge < -0.3 is 10.0 Å². The molecule has 24 heavy (non-hydrogen) atoms. The molecule has 0 aliphatic carbocycles. The zero-order valence-electron chi connectivity index (χ0n) is 13.8. The van der Waals surface area contributed by atoms with E-state index in [0.29, 0.717) is 24.2 Å². The Hall–Kier alpha value is -2.28. The molecular formula is C17H21FN4O2. The van der Waals surface area contributed by atoms with Crippen molar-refractivity contribution in [1.29, 1.82) is 0 Å². The second-order valence-electron chi connectivity index (χ2n) is 6.54. The Labute approximate surface area is 139 Å². The summed E-state index contributed by atoms with van der Waals surface area (Å²) in [6.45, 7) is 4.51. The summed E-state index contributed by atoms with van der Waals surface area (Å²) in [5.41, 5.74) is -0.362. The Morgan fingerprint density at radius 2 is 2.17 bits per heavy atom. The summed E-state index contributed by atoms with van der Waals surface area (Å²) in [6, 6.07) is 6.39. The number of amides is 1. The molecule has 2 aromatic rings. The van der Waals surface area contributed by atoms with E-state index in [1.165, 1.54) is 6.07 Å². The molecule has 128 valence electrons. The van der Waals surface area contributed by atoms with E-state index < -0.39 is 5.60 Å². The van der Waals surface area contributed by atoms with E-state index in [4.69, 9.17) is 0 Å². The molecule has 3 rings (SSSR count). The predicted molar refractivity (Wildman–Crippen MR) is 85.6 cm³/mol. The summed E-state index contributed by atoms with van der Waals surface area (Å²) in [5.74, 6) is -0.590. The maximum atomic E-state index is 13.7. The van der Waals surface area contributed by atoms with Crippen LogP contribution < -0.4 is 0 Å². The number of nitrogens with zero attached hydrogens (tertiary/aromatic N) is 4. The van der Waals surface area contributed by atoms with Crippen LogP contribution in [0.1, 0.15) is 37.6 Å². The van der Waals surface area contributed by atoms with Crippen LogP contribution in [0.5, 0.6) is 0 Å². The van der Waals surface area contributed by atoms with Crippen molar-refractivity contribution in [1.82, 2.24) is 19.9 Å². The van der Waals surface area contributed by atoms with Crippen molar-refractivity contribution in [2.75, 3.05) is 13.1 Å². The highest BCUT2D eigenvalue weighted by Crippen LogP contribution is 2.31. The van der Waals surface area contributed by atoms with Crippen molar-refractivity contribution in [2.24, 2.45) is 0 Å². The smallest absolute Gasteiger partial charge is 0.227 e. The van der Waals surface area contributed by atoms with Crippen LogP contribution in [0.4, 0.5) is 4.39 Å². The summed E-state index contributed by atoms with van der Waals surface area (Å²) in [5, 5.41) is 18.9. The van der Waals surface area contributed by atoms with Crippen LogP contribution in [0, 0.1) is 5.82 Å². The first-order chi connectivity index (χ1) is 11.4. The van der Waals surface area contributed by atoms with Crippen LogP contribution in [0.2, 0.25) is 0 Å². The van der Waals surface area contributed by atoms with E-state index >= 15 is 0 Å². The van der Waals surface area contributed by atoms with Gasteiger partial charge in [-0.05, 0) is 25.5 Å². The Bertz CT molecular complexity index is 746. The molecule has 6 nitrogen and oxygen atoms in total. The number of halogens is 1. The van der Waals surface area contributed by atoms with Gasteiger partial charge >= 0.3 is 0 Å². The fourth-order valence-electron chi connectivity index (χ4n) is 2.87. The zero-order chi connectivity index (χ0) is 17.3. The Morgan fingerprint density at radius 3 is 2.83 bits per heavy atom. The van der Waals surface area contributed by atoms with Gasteiger partial charge in [0.15, 0.2) is 0 Å². The maximum absolute atomic E-state index is 13.7. The topological polar surface area (TPSA) is 71.2 Å². The van der Waals surface area contributed by atoms with Crippen LogP contribution in [0.3, 0.4) is 0 Å². The van der Waals surface area contributed by atoms with Gasteiger partial charge in [-0.15, -0.1) is 5.10 Å². The second kappa shape index (κ2) is 6.32. The van der Waals surface area contributed by atoms with E-state index in [0.717, 1.165) is 0 Å². The van der Waals surface area contributed by atoms with Gasteiger partial charge in [0.2, 0.25) is 5.91 Å². The van der Waals surface area contributed by atoms with Crippen LogP contribution in [-0.2, 0) is 16.8 Å². The van der Waals surface area contributed by atoms with Gasteiger partial charge in [0.25, 0.3) is 0 Å². The molecule has 1 atom stereocenters. The lowest BCUT2D eigenvalue weighted by molar-refractivity contribution is -0.130. The van der Waals surface area contributed by atoms with Gasteiger partial charge in [-0.1, -0.05) is 23.4 Å². The highest BCUT2D eigenvalue weighted by Gasteiger charge is 2.41. The largest absolute Gasteiger partial charge is 0.381 e. The normalized spacial score (nSPS) is 20.8. The molecule has 2 heterocycles. The maximum Gasteiger partial charge on any atom is 0.227 e. The highest BCUT2D eigenvalue weighted by molar-refractivity contribution is 5.79. The Balaban J connectivity index is 1.69. The molecule has 1 aromatic carbocycles. The highest BCUT2D eigenvalue weighted by atomic mass is 19.1. The lowest BCUT2D eigenvalue weighted by Crippen LogP contribution is -2.35. The average molecular weight is 332 g/mol. The van der Waals surface area contributed by atoms with Crippen LogP contribution in [0.15, 0.2) is 30.5 Å². The zero-order valence-corrected chi connectivity index (χ0v) is 13.8. The number of β-amino-alcohol motifs (C(OH)–C–C–N with tert-alkyl or cyclic N) is 1. The van der Waals surface area contributed by atoms with Crippen molar-refractivity contribution in [3.63, 3.8) is 0 Å². The molecule has 0 spiro atoms. The minimum atomic E-state index is -1.20. The van der Waals surface area contributed by atoms with Crippen molar-refractivity contribution in [3.8, 4) is 0 Å². The SMILES string of the molecule is CC(C)n1cc([C@@]2(O)CCN(C(=O)Cc3ccccc3F)C2)nn1. The molecule has 1 aromatic heterocycles. The minimum absolute atomic E-state index is 0.0125. The molecule has 0 unspecified atom stereocenters. The van der Waals surface area contributed by atoms with E-state index in [1.807, 2.05) is 13.8 Å². The van der Waals surface area contributed by atoms with E-state index in [2.05, 4.69) is 10.3 Å². The molecular weight excluding hydrogens is 311 g/mol. The van der Waals surface area contributed by atoms with Crippen LogP contribution in [0.25, 0.3) is 0 Å². The number of aliphatic hydroxyl groups is 1. The second-order valence-corrected chi connectivity index (χ2v) is 6.54. The lowest BCUT2D eigenvalue weighted by atomic mass is 10.00. The van der Waals surface area contributed by atoms with Gasteiger partial charge in [-0.3, -0.25) is 4.79 Å². The van der Waals surface area contributed by atoms with Crippen molar-refractivity contribution < 1.29 is 14.3 Å². The third-order valence-electron chi connectivity index (χ3n) is 4.42. The molecule has 0 radical (unpaired) electrons. The number of hydrogen-bond donors (Lipinski definition) is 1. The standard InChI is InChI=1S/C17H21FN4O2/c1-12(2)22-10-15(19-20-22)17(24)7-8-21(11-17)16(23)9-13-5-3-4-6-14(13)18/h3-6,10,12,24H,7-9,11H2,1-2H3/t17-/m1/s1. The molecule has 1 aliphatic heterocycles. The van der Waals surface area contributed by atoms with Gasteiger partial charge in [0.1, 0.15) is 17.1 Å². The van der Waals surface area contributed by atoms with E-state index in [-0.39, 0.29) is 30.7 Å². The van der Waals surface area contributed by atoms with E-state index in [1.54, 1.807) is 34.0 Å². The first kappa shape index (κ1) is 16.6.